The summed E-state index contributed by atoms with van der Waals surface area (Å²) in [6.45, 7) is 1.48. The summed E-state index contributed by atoms with van der Waals surface area (Å²) in [6, 6.07) is 6.48. The average Bonchev–Trinajstić information content (AvgIpc) is 2.98. The van der Waals surface area contributed by atoms with Crippen molar-refractivity contribution in [3.05, 3.63) is 34.9 Å². The monoisotopic (exact) mass is 303 g/mol. The number of carbonyl (C=O) groups is 1. The summed E-state index contributed by atoms with van der Waals surface area (Å²) in [5.41, 5.74) is 4.58. The first-order valence-electron chi connectivity index (χ1n) is 5.74. The fraction of sp³-hybridized carbons (Fsp3) is 0.417. The Labute approximate surface area is 116 Å². The molecule has 1 saturated carbocycles. The third-order valence-corrected chi connectivity index (χ3v) is 6.02. The van der Waals surface area contributed by atoms with Crippen molar-refractivity contribution in [1.29, 1.82) is 0 Å². The predicted octanol–water partition coefficient (Wildman–Crippen LogP) is 1.02. The molecule has 0 spiro atoms. The van der Waals surface area contributed by atoms with Crippen molar-refractivity contribution in [2.75, 3.05) is 5.75 Å². The van der Waals surface area contributed by atoms with Gasteiger partial charge in [-0.1, -0.05) is 30.7 Å². The molecule has 104 valence electrons. The maximum Gasteiger partial charge on any atom is 0.325 e. The number of carboxylic acids is 1. The summed E-state index contributed by atoms with van der Waals surface area (Å²) in [6.07, 6.45) is 0. The number of hydrogen-bond acceptors (Lipinski definition) is 4. The van der Waals surface area contributed by atoms with Gasteiger partial charge in [-0.15, -0.1) is 0 Å². The summed E-state index contributed by atoms with van der Waals surface area (Å²) in [7, 11) is -3.54. The first-order chi connectivity index (χ1) is 8.75. The Kier molecular flexibility index (Phi) is 3.36. The summed E-state index contributed by atoms with van der Waals surface area (Å²) in [4.78, 5) is 11.3. The van der Waals surface area contributed by atoms with E-state index in [2.05, 4.69) is 0 Å². The van der Waals surface area contributed by atoms with E-state index in [9.17, 15) is 18.3 Å². The van der Waals surface area contributed by atoms with Crippen LogP contribution in [0.1, 0.15) is 18.4 Å². The minimum atomic E-state index is -3.54. The number of halogens is 1. The van der Waals surface area contributed by atoms with E-state index in [1.54, 1.807) is 24.3 Å². The second kappa shape index (κ2) is 4.47. The van der Waals surface area contributed by atoms with Crippen molar-refractivity contribution >= 4 is 27.4 Å². The van der Waals surface area contributed by atoms with Crippen LogP contribution in [0.2, 0.25) is 5.02 Å². The van der Waals surface area contributed by atoms with Crippen molar-refractivity contribution in [3.8, 4) is 0 Å². The zero-order valence-electron chi connectivity index (χ0n) is 10.2. The highest BCUT2D eigenvalue weighted by Gasteiger charge is 2.73. The number of hydrogen-bond donors (Lipinski definition) is 2. The van der Waals surface area contributed by atoms with Crippen molar-refractivity contribution in [2.45, 2.75) is 23.6 Å². The van der Waals surface area contributed by atoms with Crippen LogP contribution in [0.15, 0.2) is 24.3 Å². The van der Waals surface area contributed by atoms with Crippen LogP contribution in [0, 0.1) is 0 Å². The van der Waals surface area contributed by atoms with E-state index >= 15 is 0 Å². The lowest BCUT2D eigenvalue weighted by Gasteiger charge is -2.05. The van der Waals surface area contributed by atoms with Gasteiger partial charge in [-0.25, -0.2) is 8.42 Å². The Morgan fingerprint density at radius 1 is 1.53 bits per heavy atom. The molecule has 3 atom stereocenters. The molecule has 19 heavy (non-hydrogen) atoms. The molecular formula is C12H14ClNO4S. The predicted molar refractivity (Wildman–Crippen MR) is 72.0 cm³/mol. The van der Waals surface area contributed by atoms with Gasteiger partial charge < -0.3 is 10.8 Å². The number of carboxylic acid groups (broad SMARTS) is 1. The van der Waals surface area contributed by atoms with Gasteiger partial charge in [0.1, 0.15) is 5.54 Å². The van der Waals surface area contributed by atoms with Gasteiger partial charge in [0.2, 0.25) is 0 Å². The highest BCUT2D eigenvalue weighted by molar-refractivity contribution is 7.92. The van der Waals surface area contributed by atoms with E-state index in [0.717, 1.165) is 0 Å². The van der Waals surface area contributed by atoms with Crippen LogP contribution >= 0.6 is 11.6 Å². The Morgan fingerprint density at radius 2 is 2.16 bits per heavy atom. The maximum absolute atomic E-state index is 12.0. The van der Waals surface area contributed by atoms with E-state index in [0.29, 0.717) is 10.6 Å². The first kappa shape index (κ1) is 14.3. The molecule has 0 unspecified atom stereocenters. The molecule has 7 heteroatoms. The van der Waals surface area contributed by atoms with Gasteiger partial charge in [0.15, 0.2) is 9.84 Å². The Hall–Kier alpha value is -1.11. The Bertz CT molecular complexity index is 630. The molecule has 3 N–H and O–H groups in total. The summed E-state index contributed by atoms with van der Waals surface area (Å²) in [5, 5.41) is 8.55. The zero-order chi connectivity index (χ0) is 14.4. The number of nitrogens with two attached hydrogens (primary N) is 1. The highest BCUT2D eigenvalue weighted by atomic mass is 35.5. The van der Waals surface area contributed by atoms with Crippen molar-refractivity contribution in [3.63, 3.8) is 0 Å². The minimum Gasteiger partial charge on any atom is -0.480 e. The second-order valence-corrected chi connectivity index (χ2v) is 7.49. The topological polar surface area (TPSA) is 97.5 Å². The lowest BCUT2D eigenvalue weighted by atomic mass is 10.1. The third kappa shape index (κ3) is 2.13. The molecule has 0 aromatic heterocycles. The summed E-state index contributed by atoms with van der Waals surface area (Å²) >= 11 is 5.85. The fourth-order valence-corrected chi connectivity index (χ4v) is 4.58. The molecule has 2 rings (SSSR count). The maximum atomic E-state index is 12.0. The van der Waals surface area contributed by atoms with Crippen molar-refractivity contribution in [2.24, 2.45) is 5.73 Å². The van der Waals surface area contributed by atoms with Crippen LogP contribution in [0.4, 0.5) is 0 Å². The normalized spacial score (nSPS) is 30.1. The van der Waals surface area contributed by atoms with Crippen LogP contribution in [0.25, 0.3) is 0 Å². The Morgan fingerprint density at radius 3 is 2.63 bits per heavy atom. The zero-order valence-corrected chi connectivity index (χ0v) is 11.8. The van der Waals surface area contributed by atoms with Gasteiger partial charge in [-0.05, 0) is 17.7 Å². The largest absolute Gasteiger partial charge is 0.480 e. The average molecular weight is 304 g/mol. The molecule has 5 nitrogen and oxygen atoms in total. The van der Waals surface area contributed by atoms with E-state index in [-0.39, 0.29) is 5.75 Å². The quantitative estimate of drug-likeness (QED) is 0.865. The number of rotatable bonds is 4. The standard InChI is InChI=1S/C12H14ClNO4S/c1-2-19(17,18)10-9(12(10,14)11(15)16)7-4-3-5-8(13)6-7/h3-6,9-10H,2,14H2,1H3,(H,15,16)/t9-,10-,12-/m0/s1. The molecular weight excluding hydrogens is 290 g/mol. The molecule has 0 amide bonds. The fourth-order valence-electron chi connectivity index (χ4n) is 2.46. The molecule has 1 fully saturated rings. The Balaban J connectivity index is 2.49. The number of aliphatic carboxylic acids is 1. The number of benzene rings is 1. The van der Waals surface area contributed by atoms with Gasteiger partial charge in [0.25, 0.3) is 0 Å². The molecule has 1 aromatic carbocycles. The van der Waals surface area contributed by atoms with Crippen LogP contribution in [-0.4, -0.2) is 36.0 Å². The van der Waals surface area contributed by atoms with E-state index < -0.39 is 32.5 Å². The number of sulfone groups is 1. The minimum absolute atomic E-state index is 0.138. The van der Waals surface area contributed by atoms with Crippen molar-refractivity contribution in [1.82, 2.24) is 0 Å². The molecule has 0 aliphatic heterocycles. The third-order valence-electron chi connectivity index (χ3n) is 3.55. The summed E-state index contributed by atoms with van der Waals surface area (Å²) < 4.78 is 23.9. The molecule has 0 radical (unpaired) electrons. The molecule has 0 saturated heterocycles. The van der Waals surface area contributed by atoms with Crippen LogP contribution < -0.4 is 5.73 Å². The van der Waals surface area contributed by atoms with Gasteiger partial charge in [0, 0.05) is 16.7 Å². The van der Waals surface area contributed by atoms with Gasteiger partial charge in [-0.2, -0.15) is 0 Å². The SMILES string of the molecule is CCS(=O)(=O)[C@H]1[C@H](c2cccc(Cl)c2)[C@@]1(N)C(=O)O. The van der Waals surface area contributed by atoms with E-state index in [1.807, 2.05) is 0 Å². The van der Waals surface area contributed by atoms with E-state index in [1.165, 1.54) is 6.92 Å². The molecule has 0 bridgehead atoms. The first-order valence-corrected chi connectivity index (χ1v) is 7.83. The van der Waals surface area contributed by atoms with Crippen LogP contribution in [0.3, 0.4) is 0 Å². The lowest BCUT2D eigenvalue weighted by molar-refractivity contribution is -0.139. The molecule has 1 aromatic rings. The van der Waals surface area contributed by atoms with Gasteiger partial charge in [-0.3, -0.25) is 4.79 Å². The van der Waals surface area contributed by atoms with Gasteiger partial charge >= 0.3 is 5.97 Å². The van der Waals surface area contributed by atoms with Gasteiger partial charge in [0.05, 0.1) is 5.25 Å². The van der Waals surface area contributed by atoms with Crippen LogP contribution in [-0.2, 0) is 14.6 Å². The van der Waals surface area contributed by atoms with E-state index in [4.69, 9.17) is 17.3 Å². The van der Waals surface area contributed by atoms with Crippen molar-refractivity contribution < 1.29 is 18.3 Å². The summed E-state index contributed by atoms with van der Waals surface area (Å²) in [5.74, 6) is -2.20. The molecule has 0 heterocycles. The smallest absolute Gasteiger partial charge is 0.325 e. The molecule has 1 aliphatic carbocycles. The lowest BCUT2D eigenvalue weighted by Crippen LogP contribution is -2.40. The second-order valence-electron chi connectivity index (χ2n) is 4.64. The van der Waals surface area contributed by atoms with Crippen LogP contribution in [0.5, 0.6) is 0 Å². The molecule has 1 aliphatic rings. The highest BCUT2D eigenvalue weighted by Crippen LogP contribution is 2.54.